The molecule has 4 aromatic rings. The maximum Gasteiger partial charge on any atom is 0.335 e. The number of hydrogen-bond acceptors (Lipinski definition) is 6. The van der Waals surface area contributed by atoms with E-state index in [1.165, 1.54) is 17.4 Å². The van der Waals surface area contributed by atoms with E-state index in [0.29, 0.717) is 33.3 Å². The smallest absolute Gasteiger partial charge is 0.335 e. The molecule has 1 saturated heterocycles. The highest BCUT2D eigenvalue weighted by atomic mass is 35.5. The summed E-state index contributed by atoms with van der Waals surface area (Å²) in [6, 6.07) is 8.67. The number of carboxylic acids is 1. The Bertz CT molecular complexity index is 1570. The second-order valence-electron chi connectivity index (χ2n) is 10.3. The Balaban J connectivity index is 1.09. The van der Waals surface area contributed by atoms with Crippen LogP contribution in [0.25, 0.3) is 21.3 Å². The van der Waals surface area contributed by atoms with Crippen molar-refractivity contribution in [2.45, 2.75) is 50.5 Å². The van der Waals surface area contributed by atoms with Crippen molar-refractivity contribution in [1.82, 2.24) is 14.8 Å². The van der Waals surface area contributed by atoms with Crippen molar-refractivity contribution >= 4 is 55.9 Å². The Morgan fingerprint density at radius 3 is 2.66 bits per heavy atom. The van der Waals surface area contributed by atoms with Gasteiger partial charge < -0.3 is 14.7 Å². The van der Waals surface area contributed by atoms with Gasteiger partial charge in [0.2, 0.25) is 0 Å². The number of hydrogen-bond donors (Lipinski definition) is 1. The number of aromatic nitrogens is 3. The number of halogens is 3. The lowest BCUT2D eigenvalue weighted by atomic mass is 10.0. The van der Waals surface area contributed by atoms with Crippen molar-refractivity contribution < 1.29 is 19.0 Å². The van der Waals surface area contributed by atoms with Gasteiger partial charge in [-0.3, -0.25) is 4.68 Å². The number of thiazole rings is 1. The first-order chi connectivity index (χ1) is 18.4. The van der Waals surface area contributed by atoms with Crippen molar-refractivity contribution in [3.63, 3.8) is 0 Å². The van der Waals surface area contributed by atoms with Crippen LogP contribution in [0.5, 0.6) is 0 Å². The van der Waals surface area contributed by atoms with Gasteiger partial charge in [0, 0.05) is 29.6 Å². The van der Waals surface area contributed by atoms with Crippen LogP contribution in [0, 0.1) is 11.7 Å². The molecule has 1 aliphatic heterocycles. The van der Waals surface area contributed by atoms with Gasteiger partial charge in [0.25, 0.3) is 0 Å². The van der Waals surface area contributed by atoms with Crippen LogP contribution in [0.1, 0.15) is 47.8 Å². The summed E-state index contributed by atoms with van der Waals surface area (Å²) in [7, 11) is 0. The van der Waals surface area contributed by atoms with Crippen molar-refractivity contribution in [3.8, 4) is 11.1 Å². The first kappa shape index (κ1) is 24.3. The van der Waals surface area contributed by atoms with E-state index in [1.54, 1.807) is 0 Å². The van der Waals surface area contributed by atoms with Crippen LogP contribution >= 0.6 is 34.5 Å². The number of benzene rings is 2. The lowest BCUT2D eigenvalue weighted by molar-refractivity contribution is 0.00958. The normalized spacial score (nSPS) is 22.6. The Labute approximate surface area is 231 Å². The molecule has 3 aliphatic rings. The molecular formula is C27H23Cl2FN4O3S. The van der Waals surface area contributed by atoms with Gasteiger partial charge in [-0.05, 0) is 49.9 Å². The van der Waals surface area contributed by atoms with Gasteiger partial charge in [-0.25, -0.2) is 14.2 Å². The van der Waals surface area contributed by atoms with E-state index >= 15 is 0 Å². The molecule has 2 aromatic carbocycles. The van der Waals surface area contributed by atoms with Crippen molar-refractivity contribution in [2.75, 3.05) is 11.4 Å². The maximum atomic E-state index is 14.5. The molecule has 3 fully saturated rings. The van der Waals surface area contributed by atoms with Crippen LogP contribution in [0.4, 0.5) is 9.52 Å². The number of aromatic carboxylic acids is 1. The Kier molecular flexibility index (Phi) is 5.88. The highest BCUT2D eigenvalue weighted by molar-refractivity contribution is 7.22. The molecule has 11 heteroatoms. The summed E-state index contributed by atoms with van der Waals surface area (Å²) in [6.07, 6.45) is 5.97. The fourth-order valence-corrected chi connectivity index (χ4v) is 7.58. The molecule has 2 saturated carbocycles. The molecule has 0 spiro atoms. The summed E-state index contributed by atoms with van der Waals surface area (Å²) < 4.78 is 23.7. The van der Waals surface area contributed by atoms with E-state index in [0.717, 1.165) is 60.2 Å². The van der Waals surface area contributed by atoms with E-state index in [9.17, 15) is 14.3 Å². The quantitative estimate of drug-likeness (QED) is 0.261. The molecule has 2 bridgehead atoms. The largest absolute Gasteiger partial charge is 0.478 e. The SMILES string of the molecule is O=C(O)c1cc(F)c2nc(N3C[C@@H]4C[C@H]3C[C@H]4OCc3c(-c4c(Cl)cccc4Cl)cnn3C3CC3)sc2c1. The minimum Gasteiger partial charge on any atom is -0.478 e. The van der Waals surface area contributed by atoms with Crippen molar-refractivity contribution in [2.24, 2.45) is 5.92 Å². The standard InChI is InChI=1S/C27H23Cl2FN4O3S/c28-18-2-1-3-19(29)24(18)17-10-31-34(15-4-5-15)21(17)12-37-22-9-16-6-14(22)11-33(16)27-32-25-20(30)7-13(26(35)36)8-23(25)38-27/h1-3,7-8,10,14-16,22H,4-6,9,11-12H2,(H,35,36)/t14-,16-,22+/m0/s1. The topological polar surface area (TPSA) is 80.5 Å². The minimum atomic E-state index is -1.15. The molecule has 196 valence electrons. The zero-order valence-corrected chi connectivity index (χ0v) is 22.4. The van der Waals surface area contributed by atoms with Crippen LogP contribution in [0.2, 0.25) is 10.0 Å². The fourth-order valence-electron chi connectivity index (χ4n) is 5.88. The molecule has 2 aromatic heterocycles. The molecule has 0 radical (unpaired) electrons. The Morgan fingerprint density at radius 1 is 1.18 bits per heavy atom. The molecular weight excluding hydrogens is 550 g/mol. The summed E-state index contributed by atoms with van der Waals surface area (Å²) >= 11 is 14.4. The summed E-state index contributed by atoms with van der Waals surface area (Å²) in [5.74, 6) is -1.42. The number of rotatable bonds is 7. The molecule has 38 heavy (non-hydrogen) atoms. The van der Waals surface area contributed by atoms with Gasteiger partial charge in [-0.2, -0.15) is 5.10 Å². The number of ether oxygens (including phenoxy) is 1. The lowest BCUT2D eigenvalue weighted by Crippen LogP contribution is -2.38. The van der Waals surface area contributed by atoms with Gasteiger partial charge >= 0.3 is 5.97 Å². The fraction of sp³-hybridized carbons (Fsp3) is 0.370. The van der Waals surface area contributed by atoms with E-state index in [2.05, 4.69) is 19.7 Å². The second-order valence-corrected chi connectivity index (χ2v) is 12.1. The number of fused-ring (bicyclic) bond motifs is 3. The van der Waals surface area contributed by atoms with Gasteiger partial charge in [0.15, 0.2) is 10.9 Å². The molecule has 2 aliphatic carbocycles. The van der Waals surface area contributed by atoms with Gasteiger partial charge in [0.05, 0.1) is 51.0 Å². The van der Waals surface area contributed by atoms with Crippen LogP contribution < -0.4 is 4.90 Å². The van der Waals surface area contributed by atoms with E-state index < -0.39 is 11.8 Å². The number of anilines is 1. The molecule has 0 amide bonds. The maximum absolute atomic E-state index is 14.5. The first-order valence-electron chi connectivity index (χ1n) is 12.6. The Morgan fingerprint density at radius 2 is 1.97 bits per heavy atom. The highest BCUT2D eigenvalue weighted by Gasteiger charge is 2.46. The van der Waals surface area contributed by atoms with Crippen molar-refractivity contribution in [3.05, 3.63) is 63.6 Å². The molecule has 3 atom stereocenters. The molecule has 0 unspecified atom stereocenters. The molecule has 3 heterocycles. The predicted octanol–water partition coefficient (Wildman–Crippen LogP) is 6.82. The molecule has 7 rings (SSSR count). The zero-order chi connectivity index (χ0) is 26.1. The highest BCUT2D eigenvalue weighted by Crippen LogP contribution is 2.46. The molecule has 1 N–H and O–H groups in total. The first-order valence-corrected chi connectivity index (χ1v) is 14.2. The molecule has 7 nitrogen and oxygen atoms in total. The summed E-state index contributed by atoms with van der Waals surface area (Å²) in [6.45, 7) is 1.19. The van der Waals surface area contributed by atoms with Crippen LogP contribution in [0.15, 0.2) is 36.5 Å². The Hall–Kier alpha value is -2.72. The van der Waals surface area contributed by atoms with E-state index in [1.807, 2.05) is 24.4 Å². The average Bonchev–Trinajstić information content (AvgIpc) is 3.22. The van der Waals surface area contributed by atoms with Crippen LogP contribution in [-0.2, 0) is 11.3 Å². The zero-order valence-electron chi connectivity index (χ0n) is 20.1. The van der Waals surface area contributed by atoms with Gasteiger partial charge in [-0.15, -0.1) is 0 Å². The second kappa shape index (κ2) is 9.19. The average molecular weight is 573 g/mol. The summed E-state index contributed by atoms with van der Waals surface area (Å²) in [5.41, 5.74) is 2.86. The van der Waals surface area contributed by atoms with Crippen LogP contribution in [0.3, 0.4) is 0 Å². The number of piperidine rings is 1. The third-order valence-electron chi connectivity index (χ3n) is 7.86. The van der Waals surface area contributed by atoms with Crippen LogP contribution in [-0.4, -0.2) is 44.5 Å². The van der Waals surface area contributed by atoms with Gasteiger partial charge in [-0.1, -0.05) is 40.6 Å². The van der Waals surface area contributed by atoms with Crippen molar-refractivity contribution in [1.29, 1.82) is 0 Å². The van der Waals surface area contributed by atoms with Gasteiger partial charge in [0.1, 0.15) is 5.52 Å². The summed E-state index contributed by atoms with van der Waals surface area (Å²) in [4.78, 5) is 18.1. The third kappa shape index (κ3) is 4.07. The number of nitrogens with zero attached hydrogens (tertiary/aromatic N) is 4. The van der Waals surface area contributed by atoms with E-state index in [4.69, 9.17) is 27.9 Å². The third-order valence-corrected chi connectivity index (χ3v) is 9.53. The minimum absolute atomic E-state index is 0.0653. The number of carboxylic acid groups (broad SMARTS) is 1. The predicted molar refractivity (Wildman–Crippen MR) is 145 cm³/mol. The monoisotopic (exact) mass is 572 g/mol. The summed E-state index contributed by atoms with van der Waals surface area (Å²) in [5, 5.41) is 15.8. The lowest BCUT2D eigenvalue weighted by Gasteiger charge is -2.31. The number of carbonyl (C=O) groups is 1. The van der Waals surface area contributed by atoms with E-state index in [-0.39, 0.29) is 23.2 Å².